The first kappa shape index (κ1) is 19.9. The molecule has 0 bridgehead atoms. The van der Waals surface area contributed by atoms with E-state index in [0.717, 1.165) is 24.0 Å². The molecule has 1 fully saturated rings. The van der Waals surface area contributed by atoms with Gasteiger partial charge in [-0.3, -0.25) is 0 Å². The highest BCUT2D eigenvalue weighted by atomic mass is 35.5. The predicted octanol–water partition coefficient (Wildman–Crippen LogP) is 3.52. The molecule has 25 heavy (non-hydrogen) atoms. The van der Waals surface area contributed by atoms with Crippen LogP contribution in [0.2, 0.25) is 0 Å². The lowest BCUT2D eigenvalue weighted by Crippen LogP contribution is -2.42. The molecule has 1 aliphatic heterocycles. The zero-order chi connectivity index (χ0) is 17.2. The van der Waals surface area contributed by atoms with Gasteiger partial charge in [-0.25, -0.2) is 8.42 Å². The lowest BCUT2D eigenvalue weighted by atomic mass is 9.92. The van der Waals surface area contributed by atoms with Gasteiger partial charge in [0.25, 0.3) is 0 Å². The highest BCUT2D eigenvalue weighted by Crippen LogP contribution is 2.31. The Balaban J connectivity index is 0.00000225. The van der Waals surface area contributed by atoms with Crippen LogP contribution in [-0.2, 0) is 10.0 Å². The Bertz CT molecular complexity index is 786. The zero-order valence-corrected chi connectivity index (χ0v) is 16.0. The smallest absolute Gasteiger partial charge is 0.243 e. The van der Waals surface area contributed by atoms with Crippen molar-refractivity contribution in [1.82, 2.24) is 4.31 Å². The molecule has 0 amide bonds. The summed E-state index contributed by atoms with van der Waals surface area (Å²) >= 11 is 0. The molecule has 0 spiro atoms. The van der Waals surface area contributed by atoms with E-state index in [1.165, 1.54) is 0 Å². The second-order valence-corrected chi connectivity index (χ2v) is 8.37. The van der Waals surface area contributed by atoms with E-state index in [-0.39, 0.29) is 18.4 Å². The van der Waals surface area contributed by atoms with Crippen LogP contribution in [0.4, 0.5) is 0 Å². The summed E-state index contributed by atoms with van der Waals surface area (Å²) in [7, 11) is -3.50. The molecule has 0 aromatic heterocycles. The number of benzene rings is 2. The number of piperidine rings is 1. The third kappa shape index (κ3) is 4.23. The van der Waals surface area contributed by atoms with Crippen LogP contribution in [0.25, 0.3) is 11.1 Å². The summed E-state index contributed by atoms with van der Waals surface area (Å²) in [6.07, 6.45) is 1.65. The Hall–Kier alpha value is -1.40. The second kappa shape index (κ2) is 8.32. The molecule has 4 nitrogen and oxygen atoms in total. The molecular formula is C19H25ClN2O2S. The molecule has 2 N–H and O–H groups in total. The van der Waals surface area contributed by atoms with E-state index in [9.17, 15) is 8.42 Å². The number of nitrogens with two attached hydrogens (primary N) is 1. The molecule has 0 saturated carbocycles. The van der Waals surface area contributed by atoms with Crippen molar-refractivity contribution in [2.45, 2.75) is 30.7 Å². The lowest BCUT2D eigenvalue weighted by Gasteiger charge is -2.33. The third-order valence-electron chi connectivity index (χ3n) is 4.83. The van der Waals surface area contributed by atoms with E-state index in [0.29, 0.717) is 23.9 Å². The summed E-state index contributed by atoms with van der Waals surface area (Å²) in [5.74, 6) is 0.404. The van der Waals surface area contributed by atoms with Crippen molar-refractivity contribution in [3.8, 4) is 11.1 Å². The Morgan fingerprint density at radius 1 is 1.00 bits per heavy atom. The summed E-state index contributed by atoms with van der Waals surface area (Å²) in [5.41, 5.74) is 7.64. The van der Waals surface area contributed by atoms with Crippen LogP contribution in [0, 0.1) is 5.92 Å². The van der Waals surface area contributed by atoms with Gasteiger partial charge >= 0.3 is 0 Å². The Labute approximate surface area is 156 Å². The highest BCUT2D eigenvalue weighted by molar-refractivity contribution is 7.89. The van der Waals surface area contributed by atoms with Crippen molar-refractivity contribution in [2.75, 3.05) is 13.1 Å². The molecule has 6 heteroatoms. The van der Waals surface area contributed by atoms with E-state index in [4.69, 9.17) is 5.73 Å². The summed E-state index contributed by atoms with van der Waals surface area (Å²) in [5, 5.41) is 0. The fourth-order valence-corrected chi connectivity index (χ4v) is 5.01. The van der Waals surface area contributed by atoms with Gasteiger partial charge in [0, 0.05) is 24.7 Å². The first-order valence-electron chi connectivity index (χ1n) is 8.40. The quantitative estimate of drug-likeness (QED) is 0.882. The number of rotatable bonds is 4. The molecule has 1 atom stereocenters. The topological polar surface area (TPSA) is 63.4 Å². The van der Waals surface area contributed by atoms with Crippen LogP contribution < -0.4 is 5.73 Å². The van der Waals surface area contributed by atoms with Crippen LogP contribution in [0.3, 0.4) is 0 Å². The molecule has 1 saturated heterocycles. The van der Waals surface area contributed by atoms with E-state index in [1.54, 1.807) is 16.4 Å². The van der Waals surface area contributed by atoms with Crippen molar-refractivity contribution >= 4 is 22.4 Å². The largest absolute Gasteiger partial charge is 0.328 e. The summed E-state index contributed by atoms with van der Waals surface area (Å²) < 4.78 is 27.9. The number of nitrogens with zero attached hydrogens (tertiary/aromatic N) is 1. The summed E-state index contributed by atoms with van der Waals surface area (Å²) in [4.78, 5) is 0.385. The predicted molar refractivity (Wildman–Crippen MR) is 104 cm³/mol. The van der Waals surface area contributed by atoms with E-state index >= 15 is 0 Å². The zero-order valence-electron chi connectivity index (χ0n) is 14.3. The fraction of sp³-hybridized carbons (Fsp3) is 0.368. The number of hydrogen-bond acceptors (Lipinski definition) is 3. The molecule has 3 rings (SSSR count). The molecule has 2 aromatic carbocycles. The average molecular weight is 381 g/mol. The molecule has 1 heterocycles. The fourth-order valence-electron chi connectivity index (χ4n) is 3.33. The Kier molecular flexibility index (Phi) is 6.63. The standard InChI is InChI=1S/C19H24N2O2S.ClH/c1-15(20)16-11-13-21(14-12-16)24(22,23)19-10-6-5-9-18(19)17-7-3-2-4-8-17;/h2-10,15-16H,11-14,20H2,1H3;1H. The molecular weight excluding hydrogens is 356 g/mol. The van der Waals surface area contributed by atoms with Crippen LogP contribution in [0.15, 0.2) is 59.5 Å². The van der Waals surface area contributed by atoms with Crippen molar-refractivity contribution in [3.63, 3.8) is 0 Å². The monoisotopic (exact) mass is 380 g/mol. The molecule has 1 unspecified atom stereocenters. The van der Waals surface area contributed by atoms with E-state index in [1.807, 2.05) is 49.4 Å². The first-order valence-corrected chi connectivity index (χ1v) is 9.84. The second-order valence-electron chi connectivity index (χ2n) is 6.46. The number of hydrogen-bond donors (Lipinski definition) is 1. The van der Waals surface area contributed by atoms with Gasteiger partial charge < -0.3 is 5.73 Å². The van der Waals surface area contributed by atoms with Crippen LogP contribution in [-0.4, -0.2) is 31.9 Å². The molecule has 1 aliphatic rings. The van der Waals surface area contributed by atoms with E-state index < -0.39 is 10.0 Å². The van der Waals surface area contributed by atoms with Gasteiger partial charge in [0.05, 0.1) is 4.90 Å². The molecule has 0 radical (unpaired) electrons. The Morgan fingerprint density at radius 3 is 2.16 bits per heavy atom. The summed E-state index contributed by atoms with van der Waals surface area (Å²) in [6.45, 7) is 3.08. The van der Waals surface area contributed by atoms with Crippen molar-refractivity contribution < 1.29 is 8.42 Å². The van der Waals surface area contributed by atoms with Crippen molar-refractivity contribution in [2.24, 2.45) is 11.7 Å². The van der Waals surface area contributed by atoms with Gasteiger partial charge in [0.1, 0.15) is 0 Å². The maximum atomic E-state index is 13.2. The van der Waals surface area contributed by atoms with Gasteiger partial charge in [-0.2, -0.15) is 4.31 Å². The van der Waals surface area contributed by atoms with Crippen LogP contribution >= 0.6 is 12.4 Å². The van der Waals surface area contributed by atoms with Crippen LogP contribution in [0.1, 0.15) is 19.8 Å². The lowest BCUT2D eigenvalue weighted by molar-refractivity contribution is 0.251. The summed E-state index contributed by atoms with van der Waals surface area (Å²) in [6, 6.07) is 17.0. The third-order valence-corrected chi connectivity index (χ3v) is 6.79. The van der Waals surface area contributed by atoms with Gasteiger partial charge in [0.2, 0.25) is 10.0 Å². The van der Waals surface area contributed by atoms with Gasteiger partial charge in [-0.05, 0) is 37.3 Å². The van der Waals surface area contributed by atoms with Gasteiger partial charge in [-0.1, -0.05) is 48.5 Å². The molecule has 136 valence electrons. The van der Waals surface area contributed by atoms with Gasteiger partial charge in [0.15, 0.2) is 0 Å². The molecule has 0 aliphatic carbocycles. The van der Waals surface area contributed by atoms with E-state index in [2.05, 4.69) is 0 Å². The Morgan fingerprint density at radius 2 is 1.56 bits per heavy atom. The maximum absolute atomic E-state index is 13.2. The number of halogens is 1. The minimum absolute atomic E-state index is 0. The number of sulfonamides is 1. The minimum Gasteiger partial charge on any atom is -0.328 e. The average Bonchev–Trinajstić information content (AvgIpc) is 2.62. The SMILES string of the molecule is CC(N)C1CCN(S(=O)(=O)c2ccccc2-c2ccccc2)CC1.Cl. The van der Waals surface area contributed by atoms with Crippen LogP contribution in [0.5, 0.6) is 0 Å². The minimum atomic E-state index is -3.50. The first-order chi connectivity index (χ1) is 11.5. The maximum Gasteiger partial charge on any atom is 0.243 e. The van der Waals surface area contributed by atoms with Crippen molar-refractivity contribution in [3.05, 3.63) is 54.6 Å². The van der Waals surface area contributed by atoms with Gasteiger partial charge in [-0.15, -0.1) is 12.4 Å². The van der Waals surface area contributed by atoms with Crippen molar-refractivity contribution in [1.29, 1.82) is 0 Å². The molecule has 2 aromatic rings. The highest BCUT2D eigenvalue weighted by Gasteiger charge is 2.31. The normalized spacial score (nSPS) is 17.7.